The first-order valence-corrected chi connectivity index (χ1v) is 21.2. The van der Waals surface area contributed by atoms with Crippen LogP contribution in [0.15, 0.2) is 109 Å². The molecule has 12 nitrogen and oxygen atoms in total. The number of allylic oxidation sites excluding steroid dienone is 1. The Morgan fingerprint density at radius 1 is 0.750 bits per heavy atom. The van der Waals surface area contributed by atoms with E-state index in [9.17, 15) is 13.2 Å². The van der Waals surface area contributed by atoms with Gasteiger partial charge in [0.1, 0.15) is 16.4 Å². The summed E-state index contributed by atoms with van der Waals surface area (Å²) < 4.78 is 53.4. The lowest BCUT2D eigenvalue weighted by Crippen LogP contribution is -2.51. The first-order valence-electron chi connectivity index (χ1n) is 20.4. The number of hydrogen-bond donors (Lipinski definition) is 3. The second-order valence-electron chi connectivity index (χ2n) is 15.6. The van der Waals surface area contributed by atoms with Crippen molar-refractivity contribution in [3.05, 3.63) is 117 Å². The standard InChI is InChI=1S/C44H43F3N10O2S/c1-26-9-15-38(58-26)49-33-21-28(55-17-5-3-6-18-55)11-13-31(33)35-23-30-24-36(52-43-54-40(53-42(51-35)57(30)43)41-48-25-37(60-41)44(45,46)47)32-14-12-29(56-19-7-4-8-20-56)22-34(32)50-39-16-10-27(2)59-39/h9-16,21-25,35,49-50H,3-8,17-20H2,1-2H3,(H,51,52,53,54). The Morgan fingerprint density at radius 3 is 2.00 bits per heavy atom. The molecule has 308 valence electrons. The second kappa shape index (κ2) is 15.4. The molecule has 1 atom stereocenters. The Morgan fingerprint density at radius 2 is 1.38 bits per heavy atom. The van der Waals surface area contributed by atoms with E-state index < -0.39 is 17.1 Å². The van der Waals surface area contributed by atoms with Crippen molar-refractivity contribution in [2.24, 2.45) is 15.0 Å². The fourth-order valence-electron chi connectivity index (χ4n) is 8.30. The third kappa shape index (κ3) is 7.55. The molecule has 1 unspecified atom stereocenters. The molecule has 5 aliphatic rings. The highest BCUT2D eigenvalue weighted by atomic mass is 32.1. The molecule has 2 saturated heterocycles. The van der Waals surface area contributed by atoms with E-state index in [1.165, 1.54) is 12.8 Å². The number of furan rings is 2. The maximum Gasteiger partial charge on any atom is 0.427 e. The monoisotopic (exact) mass is 832 g/mol. The van der Waals surface area contributed by atoms with Crippen LogP contribution in [0.1, 0.15) is 77.1 Å². The van der Waals surface area contributed by atoms with Gasteiger partial charge < -0.3 is 34.6 Å². The summed E-state index contributed by atoms with van der Waals surface area (Å²) in [6, 6.07) is 19.9. The SMILES string of the molecule is Cc1ccc(Nc2cc(N3CCCCC3)ccc2C2=CC3=CC(c4ccc(N5CCCCC5)cc4Nc4ccc(C)o4)NC4=NC(c5ncc(C(F)(F)F)s5)=NC(=N2)N34)o1. The predicted molar refractivity (Wildman–Crippen MR) is 231 cm³/mol. The number of aryl methyl sites for hydroxylation is 2. The number of thiazole rings is 1. The zero-order valence-corrected chi connectivity index (χ0v) is 34.0. The number of rotatable bonds is 9. The number of alkyl halides is 3. The number of piperidine rings is 2. The number of benzene rings is 2. The van der Waals surface area contributed by atoms with Gasteiger partial charge in [-0.3, -0.25) is 0 Å². The van der Waals surface area contributed by atoms with Gasteiger partial charge in [0.15, 0.2) is 22.6 Å². The van der Waals surface area contributed by atoms with Gasteiger partial charge in [-0.05, 0) is 107 Å². The minimum Gasteiger partial charge on any atom is -0.446 e. The lowest BCUT2D eigenvalue weighted by Gasteiger charge is -2.38. The highest BCUT2D eigenvalue weighted by Gasteiger charge is 2.38. The molecule has 0 amide bonds. The first kappa shape index (κ1) is 37.9. The molecule has 2 fully saturated rings. The van der Waals surface area contributed by atoms with E-state index in [0.717, 1.165) is 109 Å². The van der Waals surface area contributed by atoms with Gasteiger partial charge in [0, 0.05) is 66.5 Å². The van der Waals surface area contributed by atoms with E-state index >= 15 is 0 Å². The predicted octanol–water partition coefficient (Wildman–Crippen LogP) is 10.5. The summed E-state index contributed by atoms with van der Waals surface area (Å²) in [5.74, 6) is 3.40. The van der Waals surface area contributed by atoms with Crippen molar-refractivity contribution in [3.8, 4) is 0 Å². The zero-order valence-electron chi connectivity index (χ0n) is 33.1. The number of aliphatic imine (C=N–C) groups is 3. The number of guanidine groups is 2. The van der Waals surface area contributed by atoms with Crippen molar-refractivity contribution in [1.82, 2.24) is 15.2 Å². The summed E-state index contributed by atoms with van der Waals surface area (Å²) in [6.45, 7) is 7.72. The van der Waals surface area contributed by atoms with E-state index in [1.807, 2.05) is 44.2 Å². The van der Waals surface area contributed by atoms with Crippen LogP contribution in [0.5, 0.6) is 0 Å². The largest absolute Gasteiger partial charge is 0.446 e. The van der Waals surface area contributed by atoms with Crippen molar-refractivity contribution in [2.75, 3.05) is 46.6 Å². The van der Waals surface area contributed by atoms with Crippen molar-refractivity contribution in [3.63, 3.8) is 0 Å². The number of halogens is 3. The van der Waals surface area contributed by atoms with Gasteiger partial charge in [-0.25, -0.2) is 14.9 Å². The number of aromatic nitrogens is 1. The van der Waals surface area contributed by atoms with Crippen LogP contribution in [0.2, 0.25) is 0 Å². The van der Waals surface area contributed by atoms with Crippen LogP contribution < -0.4 is 25.8 Å². The van der Waals surface area contributed by atoms with E-state index in [1.54, 1.807) is 4.90 Å². The number of nitrogens with zero attached hydrogens (tertiary/aromatic N) is 7. The van der Waals surface area contributed by atoms with Crippen LogP contribution in [0.4, 0.5) is 47.7 Å². The maximum atomic E-state index is 13.8. The highest BCUT2D eigenvalue weighted by molar-refractivity contribution is 7.13. The third-order valence-electron chi connectivity index (χ3n) is 11.3. The molecule has 5 aliphatic heterocycles. The molecular weight excluding hydrogens is 790 g/mol. The molecule has 0 aliphatic carbocycles. The molecule has 3 aromatic heterocycles. The van der Waals surface area contributed by atoms with Crippen LogP contribution in [-0.2, 0) is 6.18 Å². The molecular formula is C44H43F3N10O2S. The average Bonchev–Trinajstić information content (AvgIpc) is 4.03. The second-order valence-corrected chi connectivity index (χ2v) is 16.6. The van der Waals surface area contributed by atoms with Gasteiger partial charge in [0.25, 0.3) is 0 Å². The van der Waals surface area contributed by atoms with E-state index in [2.05, 4.69) is 73.2 Å². The van der Waals surface area contributed by atoms with Crippen LogP contribution in [0.25, 0.3) is 5.70 Å². The average molecular weight is 833 g/mol. The van der Waals surface area contributed by atoms with Crippen molar-refractivity contribution in [2.45, 2.75) is 64.6 Å². The summed E-state index contributed by atoms with van der Waals surface area (Å²) in [4.78, 5) is 24.5. The molecule has 0 spiro atoms. The lowest BCUT2D eigenvalue weighted by molar-refractivity contribution is -0.134. The number of hydrogen-bond acceptors (Lipinski definition) is 13. The van der Waals surface area contributed by atoms with Crippen LogP contribution >= 0.6 is 11.3 Å². The topological polar surface area (TPSA) is 122 Å². The number of amidine groups is 1. The van der Waals surface area contributed by atoms with Gasteiger partial charge in [0.05, 0.1) is 29.3 Å². The summed E-state index contributed by atoms with van der Waals surface area (Å²) >= 11 is 0.498. The molecule has 2 aromatic carbocycles. The van der Waals surface area contributed by atoms with Crippen LogP contribution in [0.3, 0.4) is 0 Å². The van der Waals surface area contributed by atoms with Crippen LogP contribution in [0, 0.1) is 13.8 Å². The Hall–Kier alpha value is -6.29. The highest BCUT2D eigenvalue weighted by Crippen LogP contribution is 2.41. The summed E-state index contributed by atoms with van der Waals surface area (Å²) in [7, 11) is 0. The molecule has 10 rings (SSSR count). The van der Waals surface area contributed by atoms with E-state index in [-0.39, 0.29) is 16.8 Å². The minimum atomic E-state index is -4.56. The fourth-order valence-corrected chi connectivity index (χ4v) is 9.02. The summed E-state index contributed by atoms with van der Waals surface area (Å²) in [5, 5.41) is 10.6. The normalized spacial score (nSPS) is 19.1. The van der Waals surface area contributed by atoms with Gasteiger partial charge in [0.2, 0.25) is 11.9 Å². The summed E-state index contributed by atoms with van der Waals surface area (Å²) in [5.41, 5.74) is 6.90. The molecule has 0 radical (unpaired) electrons. The molecule has 5 aromatic rings. The Kier molecular flexibility index (Phi) is 9.73. The maximum absolute atomic E-state index is 13.8. The van der Waals surface area contributed by atoms with Crippen molar-refractivity contribution in [1.29, 1.82) is 0 Å². The Bertz CT molecular complexity index is 2600. The van der Waals surface area contributed by atoms with Crippen molar-refractivity contribution >= 4 is 69.3 Å². The minimum absolute atomic E-state index is 0.0314. The summed E-state index contributed by atoms with van der Waals surface area (Å²) in [6.07, 6.45) is 7.33. The fraction of sp³-hybridized carbons (Fsp3) is 0.318. The smallest absolute Gasteiger partial charge is 0.427 e. The molecule has 8 heterocycles. The van der Waals surface area contributed by atoms with Crippen molar-refractivity contribution < 1.29 is 22.0 Å². The Balaban J connectivity index is 1.10. The molecule has 3 N–H and O–H groups in total. The molecule has 0 bridgehead atoms. The van der Waals surface area contributed by atoms with Gasteiger partial charge in [-0.15, -0.1) is 11.3 Å². The van der Waals surface area contributed by atoms with Gasteiger partial charge in [-0.2, -0.15) is 23.2 Å². The quantitative estimate of drug-likeness (QED) is 0.133. The van der Waals surface area contributed by atoms with Gasteiger partial charge >= 0.3 is 6.18 Å². The number of anilines is 6. The lowest BCUT2D eigenvalue weighted by atomic mass is 9.98. The van der Waals surface area contributed by atoms with Gasteiger partial charge in [-0.1, -0.05) is 6.07 Å². The zero-order chi connectivity index (χ0) is 41.0. The van der Waals surface area contributed by atoms with E-state index in [4.69, 9.17) is 23.8 Å². The van der Waals surface area contributed by atoms with Crippen LogP contribution in [-0.4, -0.2) is 53.8 Å². The first-order chi connectivity index (χ1) is 29.1. The Labute approximate surface area is 348 Å². The molecule has 0 saturated carbocycles. The third-order valence-corrected chi connectivity index (χ3v) is 12.3. The van der Waals surface area contributed by atoms with E-state index in [0.29, 0.717) is 34.8 Å². The molecule has 60 heavy (non-hydrogen) atoms. The number of nitrogens with one attached hydrogen (secondary N) is 3. The molecule has 16 heteroatoms.